The van der Waals surface area contributed by atoms with E-state index in [2.05, 4.69) is 92.7 Å². The summed E-state index contributed by atoms with van der Waals surface area (Å²) in [6, 6.07) is 25.0. The van der Waals surface area contributed by atoms with Crippen LogP contribution in [0.3, 0.4) is 0 Å². The largest absolute Gasteiger partial charge is 0.0655 e. The van der Waals surface area contributed by atoms with E-state index in [0.29, 0.717) is 5.92 Å². The zero-order chi connectivity index (χ0) is 19.1. The van der Waals surface area contributed by atoms with Crippen LogP contribution >= 0.6 is 0 Å². The minimum atomic E-state index is 0.311. The van der Waals surface area contributed by atoms with E-state index in [1.807, 2.05) is 0 Å². The minimum absolute atomic E-state index is 0.311. The summed E-state index contributed by atoms with van der Waals surface area (Å²) in [6.45, 7) is 4.48. The molecule has 28 heavy (non-hydrogen) atoms. The van der Waals surface area contributed by atoms with Crippen LogP contribution in [0.25, 0.3) is 17.7 Å². The number of allylic oxidation sites excluding steroid dienone is 2. The van der Waals surface area contributed by atoms with Gasteiger partial charge in [0.2, 0.25) is 0 Å². The molecule has 2 aliphatic rings. The molecule has 1 atom stereocenters. The molecule has 1 unspecified atom stereocenters. The Morgan fingerprint density at radius 3 is 2.32 bits per heavy atom. The van der Waals surface area contributed by atoms with E-state index in [1.165, 1.54) is 44.5 Å². The zero-order valence-corrected chi connectivity index (χ0v) is 16.7. The quantitative estimate of drug-likeness (QED) is 0.457. The van der Waals surface area contributed by atoms with Gasteiger partial charge in [0, 0.05) is 5.92 Å². The van der Waals surface area contributed by atoms with Gasteiger partial charge in [-0.15, -0.1) is 0 Å². The van der Waals surface area contributed by atoms with E-state index in [9.17, 15) is 0 Å². The van der Waals surface area contributed by atoms with Crippen LogP contribution in [0.2, 0.25) is 0 Å². The van der Waals surface area contributed by atoms with Gasteiger partial charge in [0.25, 0.3) is 0 Å². The third-order valence-corrected chi connectivity index (χ3v) is 6.39. The average Bonchev–Trinajstić information content (AvgIpc) is 3.35. The molecule has 0 spiro atoms. The summed E-state index contributed by atoms with van der Waals surface area (Å²) < 4.78 is 0. The van der Waals surface area contributed by atoms with E-state index in [-0.39, 0.29) is 0 Å². The van der Waals surface area contributed by atoms with Crippen molar-refractivity contribution < 1.29 is 0 Å². The van der Waals surface area contributed by atoms with Crippen molar-refractivity contribution >= 4 is 17.7 Å². The standard InChI is InChI=1S/C28H26/c1-3-19-12-14-21(15-13-19)27-18-23-8-5-6-10-24(23)28(27)25-11-7-9-22-16-20(4-2)17-26(22)25/h5-15,17-18,28H,3-4,16H2,1-2H3. The Labute approximate surface area is 168 Å². The highest BCUT2D eigenvalue weighted by atomic mass is 14.3. The highest BCUT2D eigenvalue weighted by Crippen LogP contribution is 2.48. The number of fused-ring (bicyclic) bond motifs is 2. The number of hydrogen-bond donors (Lipinski definition) is 0. The first-order valence-corrected chi connectivity index (χ1v) is 10.5. The van der Waals surface area contributed by atoms with Crippen molar-refractivity contribution in [3.05, 3.63) is 111 Å². The molecule has 0 bridgehead atoms. The van der Waals surface area contributed by atoms with Crippen molar-refractivity contribution in [1.29, 1.82) is 0 Å². The number of rotatable bonds is 4. The first kappa shape index (κ1) is 17.3. The second-order valence-electron chi connectivity index (χ2n) is 7.97. The lowest BCUT2D eigenvalue weighted by atomic mass is 9.82. The maximum absolute atomic E-state index is 2.45. The van der Waals surface area contributed by atoms with Gasteiger partial charge in [-0.1, -0.05) is 92.2 Å². The second kappa shape index (κ2) is 6.95. The molecule has 138 valence electrons. The van der Waals surface area contributed by atoms with Gasteiger partial charge in [0.05, 0.1) is 0 Å². The van der Waals surface area contributed by atoms with Crippen LogP contribution < -0.4 is 0 Å². The fourth-order valence-corrected chi connectivity index (χ4v) is 4.78. The van der Waals surface area contributed by atoms with Crippen molar-refractivity contribution in [3.8, 4) is 0 Å². The van der Waals surface area contributed by atoms with Crippen LogP contribution in [-0.4, -0.2) is 0 Å². The monoisotopic (exact) mass is 362 g/mol. The van der Waals surface area contributed by atoms with Crippen LogP contribution in [0.15, 0.2) is 72.3 Å². The first-order valence-electron chi connectivity index (χ1n) is 10.5. The summed E-state index contributed by atoms with van der Waals surface area (Å²) in [5.41, 5.74) is 12.9. The number of hydrogen-bond acceptors (Lipinski definition) is 0. The average molecular weight is 363 g/mol. The van der Waals surface area contributed by atoms with Gasteiger partial charge in [-0.3, -0.25) is 0 Å². The molecule has 0 fully saturated rings. The van der Waals surface area contributed by atoms with Gasteiger partial charge in [0.15, 0.2) is 0 Å². The van der Waals surface area contributed by atoms with Crippen molar-refractivity contribution in [1.82, 2.24) is 0 Å². The van der Waals surface area contributed by atoms with Crippen LogP contribution in [0, 0.1) is 0 Å². The van der Waals surface area contributed by atoms with Gasteiger partial charge in [-0.2, -0.15) is 0 Å². The summed E-state index contributed by atoms with van der Waals surface area (Å²) >= 11 is 0. The van der Waals surface area contributed by atoms with Crippen molar-refractivity contribution in [2.45, 2.75) is 39.0 Å². The zero-order valence-electron chi connectivity index (χ0n) is 16.7. The van der Waals surface area contributed by atoms with Gasteiger partial charge < -0.3 is 0 Å². The molecule has 0 saturated carbocycles. The molecule has 0 aromatic heterocycles. The third kappa shape index (κ3) is 2.76. The fourth-order valence-electron chi connectivity index (χ4n) is 4.78. The fraction of sp³-hybridized carbons (Fsp3) is 0.214. The normalized spacial score (nSPS) is 17.1. The highest BCUT2D eigenvalue weighted by molar-refractivity contribution is 5.94. The topological polar surface area (TPSA) is 0 Å². The Balaban J connectivity index is 1.67. The Bertz CT molecular complexity index is 1090. The van der Waals surface area contributed by atoms with E-state index >= 15 is 0 Å². The van der Waals surface area contributed by atoms with Crippen LogP contribution in [0.4, 0.5) is 0 Å². The summed E-state index contributed by atoms with van der Waals surface area (Å²) in [6.07, 6.45) is 8.18. The van der Waals surface area contributed by atoms with Gasteiger partial charge in [0.1, 0.15) is 0 Å². The lowest BCUT2D eigenvalue weighted by Gasteiger charge is -2.21. The molecule has 3 aromatic carbocycles. The summed E-state index contributed by atoms with van der Waals surface area (Å²) in [4.78, 5) is 0. The number of aryl methyl sites for hydroxylation is 1. The summed E-state index contributed by atoms with van der Waals surface area (Å²) in [5.74, 6) is 0.311. The maximum Gasteiger partial charge on any atom is 0.0358 e. The predicted molar refractivity (Wildman–Crippen MR) is 120 cm³/mol. The van der Waals surface area contributed by atoms with Crippen LogP contribution in [-0.2, 0) is 12.8 Å². The van der Waals surface area contributed by atoms with E-state index < -0.39 is 0 Å². The van der Waals surface area contributed by atoms with Crippen molar-refractivity contribution in [2.24, 2.45) is 0 Å². The van der Waals surface area contributed by atoms with Gasteiger partial charge >= 0.3 is 0 Å². The van der Waals surface area contributed by atoms with E-state index in [0.717, 1.165) is 19.3 Å². The summed E-state index contributed by atoms with van der Waals surface area (Å²) in [7, 11) is 0. The first-order chi connectivity index (χ1) is 13.8. The molecule has 0 nitrogen and oxygen atoms in total. The predicted octanol–water partition coefficient (Wildman–Crippen LogP) is 7.28. The molecule has 0 heterocycles. The van der Waals surface area contributed by atoms with Gasteiger partial charge in [-0.05, 0) is 69.9 Å². The lowest BCUT2D eigenvalue weighted by molar-refractivity contribution is 1.03. The Morgan fingerprint density at radius 1 is 0.750 bits per heavy atom. The summed E-state index contributed by atoms with van der Waals surface area (Å²) in [5, 5.41) is 0. The van der Waals surface area contributed by atoms with Crippen molar-refractivity contribution in [3.63, 3.8) is 0 Å². The number of benzene rings is 3. The molecule has 5 rings (SSSR count). The highest BCUT2D eigenvalue weighted by Gasteiger charge is 2.30. The SMILES string of the molecule is CCC1=Cc2c(cccc2C2C(c3ccc(CC)cc3)=Cc3ccccc32)C1. The molecule has 0 N–H and O–H groups in total. The molecule has 2 aliphatic carbocycles. The third-order valence-electron chi connectivity index (χ3n) is 6.39. The van der Waals surface area contributed by atoms with E-state index in [1.54, 1.807) is 5.57 Å². The van der Waals surface area contributed by atoms with Crippen molar-refractivity contribution in [2.75, 3.05) is 0 Å². The van der Waals surface area contributed by atoms with Crippen LogP contribution in [0.1, 0.15) is 65.1 Å². The molecular weight excluding hydrogens is 336 g/mol. The van der Waals surface area contributed by atoms with E-state index in [4.69, 9.17) is 0 Å². The second-order valence-corrected chi connectivity index (χ2v) is 7.97. The molecule has 0 amide bonds. The minimum Gasteiger partial charge on any atom is -0.0655 e. The molecule has 0 radical (unpaired) electrons. The molecule has 0 saturated heterocycles. The maximum atomic E-state index is 2.45. The Kier molecular flexibility index (Phi) is 4.28. The van der Waals surface area contributed by atoms with Gasteiger partial charge in [-0.25, -0.2) is 0 Å². The Morgan fingerprint density at radius 2 is 1.54 bits per heavy atom. The molecule has 0 aliphatic heterocycles. The smallest absolute Gasteiger partial charge is 0.0358 e. The van der Waals surface area contributed by atoms with Crippen LogP contribution in [0.5, 0.6) is 0 Å². The Hall–Kier alpha value is -2.86. The molecule has 3 aromatic rings. The molecular formula is C28H26. The molecule has 0 heteroatoms. The lowest BCUT2D eigenvalue weighted by Crippen LogP contribution is -2.04.